The van der Waals surface area contributed by atoms with Crippen molar-refractivity contribution in [2.24, 2.45) is 5.41 Å². The highest BCUT2D eigenvalue weighted by atomic mass is 16.3. The van der Waals surface area contributed by atoms with Gasteiger partial charge in [-0.25, -0.2) is 0 Å². The van der Waals surface area contributed by atoms with Crippen LogP contribution >= 0.6 is 0 Å². The van der Waals surface area contributed by atoms with Crippen molar-refractivity contribution >= 4 is 10.9 Å². The quantitative estimate of drug-likeness (QED) is 0.852. The molecule has 0 unspecified atom stereocenters. The van der Waals surface area contributed by atoms with Crippen molar-refractivity contribution in [1.82, 2.24) is 9.88 Å². The molecule has 3 nitrogen and oxygen atoms in total. The van der Waals surface area contributed by atoms with E-state index in [1.165, 1.54) is 28.6 Å². The Morgan fingerprint density at radius 3 is 3.05 bits per heavy atom. The molecule has 0 radical (unpaired) electrons. The molecule has 0 bridgehead atoms. The highest BCUT2D eigenvalue weighted by molar-refractivity contribution is 5.85. The van der Waals surface area contributed by atoms with Gasteiger partial charge in [-0.1, -0.05) is 37.3 Å². The summed E-state index contributed by atoms with van der Waals surface area (Å²) in [5, 5.41) is 10.9. The summed E-state index contributed by atoms with van der Waals surface area (Å²) >= 11 is 0. The summed E-state index contributed by atoms with van der Waals surface area (Å²) in [5.74, 6) is 0. The van der Waals surface area contributed by atoms with E-state index in [9.17, 15) is 5.11 Å². The number of aryl methyl sites for hydroxylation is 1. The molecule has 1 aromatic heterocycles. The van der Waals surface area contributed by atoms with E-state index in [0.717, 1.165) is 25.9 Å². The zero-order valence-corrected chi connectivity index (χ0v) is 13.2. The topological polar surface area (TPSA) is 39.3 Å². The Kier molecular flexibility index (Phi) is 3.35. The van der Waals surface area contributed by atoms with Crippen molar-refractivity contribution in [1.29, 1.82) is 0 Å². The number of hydrogen-bond donors (Lipinski definition) is 2. The van der Waals surface area contributed by atoms with Gasteiger partial charge in [-0.15, -0.1) is 0 Å². The predicted octanol–water partition coefficient (Wildman–Crippen LogP) is 3.42. The molecule has 0 fully saturated rings. The average molecular weight is 296 g/mol. The Balaban J connectivity index is 1.93. The first-order valence-electron chi connectivity index (χ1n) is 8.41. The van der Waals surface area contributed by atoms with Gasteiger partial charge in [0.1, 0.15) is 0 Å². The second kappa shape index (κ2) is 5.25. The normalized spacial score (nSPS) is 27.8. The van der Waals surface area contributed by atoms with Gasteiger partial charge in [0.2, 0.25) is 0 Å². The Morgan fingerprint density at radius 2 is 2.23 bits per heavy atom. The summed E-state index contributed by atoms with van der Waals surface area (Å²) in [7, 11) is 0. The molecule has 0 saturated heterocycles. The van der Waals surface area contributed by atoms with E-state index in [0.29, 0.717) is 6.04 Å². The molecule has 22 heavy (non-hydrogen) atoms. The Bertz CT molecular complexity index is 717. The molecule has 2 heterocycles. The first kappa shape index (κ1) is 14.0. The standard InChI is InChI=1S/C19H24N2O/c1-2-19-9-5-11-21(12-13-22)18(19)17-14-6-3-4-7-15(14)20-16(17)8-10-19/h3-7,9,18,20,22H,2,8,10-13H2,1H3/t18-,19+/m1/s1. The third kappa shape index (κ3) is 1.89. The van der Waals surface area contributed by atoms with Gasteiger partial charge in [-0.05, 0) is 30.9 Å². The van der Waals surface area contributed by atoms with E-state index in [1.54, 1.807) is 0 Å². The molecular weight excluding hydrogens is 272 g/mol. The number of aromatic nitrogens is 1. The minimum absolute atomic E-state index is 0.214. The van der Waals surface area contributed by atoms with Crippen LogP contribution in [0.1, 0.15) is 37.1 Å². The molecular formula is C19H24N2O. The van der Waals surface area contributed by atoms with E-state index in [4.69, 9.17) is 0 Å². The van der Waals surface area contributed by atoms with Gasteiger partial charge in [0.15, 0.2) is 0 Å². The number of aliphatic hydroxyl groups is 1. The van der Waals surface area contributed by atoms with E-state index in [-0.39, 0.29) is 12.0 Å². The first-order valence-corrected chi connectivity index (χ1v) is 8.41. The van der Waals surface area contributed by atoms with E-state index in [2.05, 4.69) is 53.2 Å². The maximum Gasteiger partial charge on any atom is 0.0558 e. The lowest BCUT2D eigenvalue weighted by atomic mass is 9.65. The highest BCUT2D eigenvalue weighted by Gasteiger charge is 2.46. The SMILES string of the molecule is CC[C@@]12C=CCN(CCO)[C@@H]1c1c([nH]c3ccccc13)CC2. The molecule has 1 aliphatic heterocycles. The molecule has 2 N–H and O–H groups in total. The molecule has 2 aliphatic rings. The minimum atomic E-state index is 0.214. The highest BCUT2D eigenvalue weighted by Crippen LogP contribution is 2.53. The van der Waals surface area contributed by atoms with Crippen LogP contribution in [0.2, 0.25) is 0 Å². The van der Waals surface area contributed by atoms with Crippen molar-refractivity contribution in [3.05, 3.63) is 47.7 Å². The fraction of sp³-hybridized carbons (Fsp3) is 0.474. The van der Waals surface area contributed by atoms with Gasteiger partial charge in [0.05, 0.1) is 6.61 Å². The molecule has 2 aromatic rings. The number of H-pyrrole nitrogens is 1. The molecule has 116 valence electrons. The molecule has 0 saturated carbocycles. The summed E-state index contributed by atoms with van der Waals surface area (Å²) in [6.07, 6.45) is 8.21. The van der Waals surface area contributed by atoms with Crippen molar-refractivity contribution < 1.29 is 5.11 Å². The van der Waals surface area contributed by atoms with Gasteiger partial charge in [0.25, 0.3) is 0 Å². The Morgan fingerprint density at radius 1 is 1.36 bits per heavy atom. The molecule has 1 aromatic carbocycles. The molecule has 0 spiro atoms. The Hall–Kier alpha value is -1.58. The van der Waals surface area contributed by atoms with Crippen LogP contribution in [0.5, 0.6) is 0 Å². The number of nitrogens with zero attached hydrogens (tertiary/aromatic N) is 1. The number of benzene rings is 1. The van der Waals surface area contributed by atoms with E-state index < -0.39 is 0 Å². The van der Waals surface area contributed by atoms with Gasteiger partial charge < -0.3 is 10.1 Å². The fourth-order valence-electron chi connectivity index (χ4n) is 4.60. The van der Waals surface area contributed by atoms with Gasteiger partial charge in [-0.3, -0.25) is 4.90 Å². The minimum Gasteiger partial charge on any atom is -0.395 e. The lowest BCUT2D eigenvalue weighted by Crippen LogP contribution is -2.46. The van der Waals surface area contributed by atoms with Crippen molar-refractivity contribution in [2.45, 2.75) is 32.2 Å². The zero-order chi connectivity index (χ0) is 15.2. The molecule has 2 atom stereocenters. The molecule has 1 aliphatic carbocycles. The second-order valence-electron chi connectivity index (χ2n) is 6.67. The lowest BCUT2D eigenvalue weighted by Gasteiger charge is -2.49. The summed E-state index contributed by atoms with van der Waals surface area (Å²) in [6.45, 7) is 4.21. The van der Waals surface area contributed by atoms with Crippen LogP contribution in [0, 0.1) is 5.41 Å². The van der Waals surface area contributed by atoms with Crippen molar-refractivity contribution in [2.75, 3.05) is 19.7 Å². The van der Waals surface area contributed by atoms with E-state index >= 15 is 0 Å². The van der Waals surface area contributed by atoms with Gasteiger partial charge in [-0.2, -0.15) is 0 Å². The van der Waals surface area contributed by atoms with E-state index in [1.807, 2.05) is 0 Å². The average Bonchev–Trinajstić information content (AvgIpc) is 2.93. The number of β-amino-alcohol motifs (C(OH)–C–C–N with tert-alkyl or cyclic N) is 1. The summed E-state index contributed by atoms with van der Waals surface area (Å²) in [4.78, 5) is 6.10. The zero-order valence-electron chi connectivity index (χ0n) is 13.2. The fourth-order valence-corrected chi connectivity index (χ4v) is 4.60. The summed E-state index contributed by atoms with van der Waals surface area (Å²) < 4.78 is 0. The molecule has 3 heteroatoms. The second-order valence-corrected chi connectivity index (χ2v) is 6.67. The summed E-state index contributed by atoms with van der Waals surface area (Å²) in [5.41, 5.74) is 4.33. The lowest BCUT2D eigenvalue weighted by molar-refractivity contribution is 0.0587. The van der Waals surface area contributed by atoms with Gasteiger partial charge >= 0.3 is 0 Å². The number of aliphatic hydroxyl groups excluding tert-OH is 1. The number of hydrogen-bond acceptors (Lipinski definition) is 2. The summed E-state index contributed by atoms with van der Waals surface area (Å²) in [6, 6.07) is 9.04. The van der Waals surface area contributed by atoms with Crippen LogP contribution in [-0.4, -0.2) is 34.7 Å². The smallest absolute Gasteiger partial charge is 0.0558 e. The number of rotatable bonds is 3. The van der Waals surface area contributed by atoms with Crippen LogP contribution < -0.4 is 0 Å². The van der Waals surface area contributed by atoms with Crippen LogP contribution in [0.15, 0.2) is 36.4 Å². The number of fused-ring (bicyclic) bond motifs is 5. The number of para-hydroxylation sites is 1. The molecule has 0 amide bonds. The largest absolute Gasteiger partial charge is 0.395 e. The number of aromatic amines is 1. The first-order chi connectivity index (χ1) is 10.8. The maximum atomic E-state index is 9.50. The monoisotopic (exact) mass is 296 g/mol. The predicted molar refractivity (Wildman–Crippen MR) is 89.9 cm³/mol. The van der Waals surface area contributed by atoms with Crippen molar-refractivity contribution in [3.8, 4) is 0 Å². The molecule has 4 rings (SSSR count). The third-order valence-corrected chi connectivity index (χ3v) is 5.69. The Labute approximate surface area is 131 Å². The van der Waals surface area contributed by atoms with Crippen LogP contribution in [0.3, 0.4) is 0 Å². The third-order valence-electron chi connectivity index (χ3n) is 5.69. The maximum absolute atomic E-state index is 9.50. The van der Waals surface area contributed by atoms with Crippen LogP contribution in [-0.2, 0) is 6.42 Å². The van der Waals surface area contributed by atoms with Crippen molar-refractivity contribution in [3.63, 3.8) is 0 Å². The van der Waals surface area contributed by atoms with Crippen LogP contribution in [0.4, 0.5) is 0 Å². The van der Waals surface area contributed by atoms with Crippen LogP contribution in [0.25, 0.3) is 10.9 Å². The van der Waals surface area contributed by atoms with Gasteiger partial charge in [0, 0.05) is 41.1 Å². The number of nitrogens with one attached hydrogen (secondary N) is 1.